The fourth-order valence-corrected chi connectivity index (χ4v) is 1.41. The molecule has 0 radical (unpaired) electrons. The molecule has 0 aliphatic carbocycles. The van der Waals surface area contributed by atoms with E-state index in [9.17, 15) is 4.79 Å². The largest absolute Gasteiger partial charge is 0.478 e. The standard InChI is InChI=1S/C11H8O2.CH2O/c12-11(13)10-7-3-5-8-4-1-2-6-9(8)10;1-2/h1-7H,(H,12,13);1H2. The van der Waals surface area contributed by atoms with Crippen molar-refractivity contribution in [1.82, 2.24) is 0 Å². The molecule has 1 N–H and O–H groups in total. The number of carbonyl (C=O) groups excluding carboxylic acids is 1. The fourth-order valence-electron chi connectivity index (χ4n) is 1.41. The van der Waals surface area contributed by atoms with Gasteiger partial charge in [-0.15, -0.1) is 0 Å². The summed E-state index contributed by atoms with van der Waals surface area (Å²) in [5, 5.41) is 10.6. The Balaban J connectivity index is 0.000000531. The Morgan fingerprint density at radius 3 is 2.27 bits per heavy atom. The van der Waals surface area contributed by atoms with Crippen LogP contribution >= 0.6 is 0 Å². The summed E-state index contributed by atoms with van der Waals surface area (Å²) in [5.74, 6) is -0.878. The highest BCUT2D eigenvalue weighted by Gasteiger charge is 2.05. The molecule has 2 aromatic carbocycles. The Morgan fingerprint density at radius 2 is 1.60 bits per heavy atom. The molecule has 3 nitrogen and oxygen atoms in total. The minimum Gasteiger partial charge on any atom is -0.478 e. The van der Waals surface area contributed by atoms with Gasteiger partial charge in [-0.3, -0.25) is 0 Å². The van der Waals surface area contributed by atoms with Crippen LogP contribution in [0.1, 0.15) is 10.4 Å². The van der Waals surface area contributed by atoms with Crippen LogP contribution in [0, 0.1) is 0 Å². The van der Waals surface area contributed by atoms with Gasteiger partial charge in [0, 0.05) is 0 Å². The Kier molecular flexibility index (Phi) is 3.57. The molecule has 0 bridgehead atoms. The second-order valence-corrected chi connectivity index (χ2v) is 2.83. The van der Waals surface area contributed by atoms with Crippen molar-refractivity contribution in [2.45, 2.75) is 0 Å². The predicted octanol–water partition coefficient (Wildman–Crippen LogP) is 2.35. The predicted molar refractivity (Wildman–Crippen MR) is 58.0 cm³/mol. The van der Waals surface area contributed by atoms with Gasteiger partial charge in [-0.2, -0.15) is 0 Å². The average molecular weight is 202 g/mol. The lowest BCUT2D eigenvalue weighted by atomic mass is 10.1. The Bertz CT molecular complexity index is 472. The van der Waals surface area contributed by atoms with E-state index in [0.717, 1.165) is 10.8 Å². The Hall–Kier alpha value is -2.16. The molecule has 0 saturated carbocycles. The van der Waals surface area contributed by atoms with Gasteiger partial charge < -0.3 is 9.90 Å². The summed E-state index contributed by atoms with van der Waals surface area (Å²) in [7, 11) is 0. The highest BCUT2D eigenvalue weighted by atomic mass is 16.4. The van der Waals surface area contributed by atoms with Crippen LogP contribution in [0.25, 0.3) is 10.8 Å². The number of carbonyl (C=O) groups is 2. The molecule has 2 rings (SSSR count). The normalized spacial score (nSPS) is 9.07. The van der Waals surface area contributed by atoms with Crippen molar-refractivity contribution in [1.29, 1.82) is 0 Å². The van der Waals surface area contributed by atoms with Crippen LogP contribution in [0.15, 0.2) is 42.5 Å². The quantitative estimate of drug-likeness (QED) is 0.772. The number of carboxylic acids is 1. The van der Waals surface area contributed by atoms with Crippen molar-refractivity contribution < 1.29 is 14.7 Å². The lowest BCUT2D eigenvalue weighted by Crippen LogP contribution is -1.96. The molecule has 0 spiro atoms. The molecule has 0 aliphatic heterocycles. The highest BCUT2D eigenvalue weighted by Crippen LogP contribution is 2.17. The lowest BCUT2D eigenvalue weighted by molar-refractivity contribution is -0.0980. The third-order valence-corrected chi connectivity index (χ3v) is 2.02. The number of hydrogen-bond acceptors (Lipinski definition) is 2. The van der Waals surface area contributed by atoms with Gasteiger partial charge in [0.1, 0.15) is 6.79 Å². The van der Waals surface area contributed by atoms with Gasteiger partial charge in [0.2, 0.25) is 0 Å². The molecule has 0 aliphatic rings. The summed E-state index contributed by atoms with van der Waals surface area (Å²) in [6, 6.07) is 12.7. The van der Waals surface area contributed by atoms with Crippen LogP contribution in [-0.4, -0.2) is 17.9 Å². The third kappa shape index (κ3) is 2.20. The molecular formula is C12H10O3. The third-order valence-electron chi connectivity index (χ3n) is 2.02. The van der Waals surface area contributed by atoms with E-state index in [4.69, 9.17) is 9.90 Å². The van der Waals surface area contributed by atoms with Crippen molar-refractivity contribution in [2.75, 3.05) is 0 Å². The van der Waals surface area contributed by atoms with E-state index in [1.165, 1.54) is 0 Å². The second-order valence-electron chi connectivity index (χ2n) is 2.83. The number of aromatic carboxylic acids is 1. The van der Waals surface area contributed by atoms with Gasteiger partial charge in [-0.1, -0.05) is 36.4 Å². The maximum absolute atomic E-state index is 10.8. The molecule has 0 fully saturated rings. The zero-order valence-electron chi connectivity index (χ0n) is 8.01. The molecule has 0 heterocycles. The first kappa shape index (κ1) is 10.9. The Morgan fingerprint density at radius 1 is 1.00 bits per heavy atom. The molecule has 0 aromatic heterocycles. The van der Waals surface area contributed by atoms with E-state index in [-0.39, 0.29) is 0 Å². The first-order valence-electron chi connectivity index (χ1n) is 4.29. The molecule has 0 atom stereocenters. The van der Waals surface area contributed by atoms with E-state index in [1.54, 1.807) is 12.1 Å². The van der Waals surface area contributed by atoms with Crippen molar-refractivity contribution in [3.63, 3.8) is 0 Å². The van der Waals surface area contributed by atoms with Gasteiger partial charge >= 0.3 is 5.97 Å². The van der Waals surface area contributed by atoms with Crippen molar-refractivity contribution in [3.8, 4) is 0 Å². The van der Waals surface area contributed by atoms with E-state index in [2.05, 4.69) is 0 Å². The van der Waals surface area contributed by atoms with Crippen LogP contribution < -0.4 is 0 Å². The van der Waals surface area contributed by atoms with E-state index < -0.39 is 5.97 Å². The maximum Gasteiger partial charge on any atom is 0.336 e. The smallest absolute Gasteiger partial charge is 0.336 e. The molecule has 0 unspecified atom stereocenters. The van der Waals surface area contributed by atoms with Gasteiger partial charge in [0.25, 0.3) is 0 Å². The van der Waals surface area contributed by atoms with Crippen molar-refractivity contribution >= 4 is 23.5 Å². The minimum atomic E-state index is -0.878. The van der Waals surface area contributed by atoms with Gasteiger partial charge in [0.15, 0.2) is 0 Å². The van der Waals surface area contributed by atoms with Gasteiger partial charge in [-0.05, 0) is 16.8 Å². The van der Waals surface area contributed by atoms with E-state index in [0.29, 0.717) is 5.56 Å². The first-order valence-corrected chi connectivity index (χ1v) is 4.29. The first-order chi connectivity index (χ1) is 7.29. The zero-order chi connectivity index (χ0) is 11.3. The molecule has 2 aromatic rings. The number of carboxylic acid groups (broad SMARTS) is 1. The summed E-state index contributed by atoms with van der Waals surface area (Å²) in [5.41, 5.74) is 0.359. The average Bonchev–Trinajstić information content (AvgIpc) is 2.31. The molecular weight excluding hydrogens is 192 g/mol. The number of fused-ring (bicyclic) bond motifs is 1. The Labute approximate surface area is 87.0 Å². The van der Waals surface area contributed by atoms with E-state index >= 15 is 0 Å². The van der Waals surface area contributed by atoms with Gasteiger partial charge in [-0.25, -0.2) is 4.79 Å². The minimum absolute atomic E-state index is 0.359. The summed E-state index contributed by atoms with van der Waals surface area (Å²) in [6.07, 6.45) is 0. The summed E-state index contributed by atoms with van der Waals surface area (Å²) < 4.78 is 0. The van der Waals surface area contributed by atoms with E-state index in [1.807, 2.05) is 37.1 Å². The van der Waals surface area contributed by atoms with Crippen LogP contribution in [0.5, 0.6) is 0 Å². The number of rotatable bonds is 1. The zero-order valence-corrected chi connectivity index (χ0v) is 8.01. The summed E-state index contributed by atoms with van der Waals surface area (Å²) in [6.45, 7) is 2.00. The highest BCUT2D eigenvalue weighted by molar-refractivity contribution is 6.03. The summed E-state index contributed by atoms with van der Waals surface area (Å²) in [4.78, 5) is 18.8. The second kappa shape index (κ2) is 4.91. The van der Waals surface area contributed by atoms with Crippen molar-refractivity contribution in [3.05, 3.63) is 48.0 Å². The maximum atomic E-state index is 10.8. The lowest BCUT2D eigenvalue weighted by Gasteiger charge is -2.00. The van der Waals surface area contributed by atoms with Gasteiger partial charge in [0.05, 0.1) is 5.56 Å². The number of benzene rings is 2. The fraction of sp³-hybridized carbons (Fsp3) is 0. The molecule has 76 valence electrons. The molecule has 0 saturated heterocycles. The van der Waals surface area contributed by atoms with Crippen LogP contribution in [0.2, 0.25) is 0 Å². The summed E-state index contributed by atoms with van der Waals surface area (Å²) >= 11 is 0. The van der Waals surface area contributed by atoms with Crippen LogP contribution in [0.3, 0.4) is 0 Å². The number of hydrogen-bond donors (Lipinski definition) is 1. The monoisotopic (exact) mass is 202 g/mol. The molecule has 3 heteroatoms. The SMILES string of the molecule is C=O.O=C(O)c1cccc2ccccc12. The van der Waals surface area contributed by atoms with Crippen LogP contribution in [-0.2, 0) is 4.79 Å². The molecule has 0 amide bonds. The van der Waals surface area contributed by atoms with Crippen LogP contribution in [0.4, 0.5) is 0 Å². The topological polar surface area (TPSA) is 54.4 Å². The van der Waals surface area contributed by atoms with Crippen molar-refractivity contribution in [2.24, 2.45) is 0 Å². The molecule has 15 heavy (non-hydrogen) atoms.